The van der Waals surface area contributed by atoms with Crippen LogP contribution >= 0.6 is 0 Å². The van der Waals surface area contributed by atoms with Gasteiger partial charge >= 0.3 is 0 Å². The number of carbonyl (C=O) groups is 2. The minimum atomic E-state index is -0.0447. The van der Waals surface area contributed by atoms with Crippen LogP contribution in [0.2, 0.25) is 0 Å². The minimum Gasteiger partial charge on any atom is -0.354 e. The molecule has 1 aromatic heterocycles. The van der Waals surface area contributed by atoms with Crippen LogP contribution in [0.15, 0.2) is 0 Å². The number of carbonyl (C=O) groups excluding carboxylic acids is 2. The fourth-order valence-electron chi connectivity index (χ4n) is 4.06. The lowest BCUT2D eigenvalue weighted by atomic mass is 9.73. The Bertz CT molecular complexity index is 625. The monoisotopic (exact) mass is 361 g/mol. The molecule has 1 saturated carbocycles. The minimum absolute atomic E-state index is 0.0447. The first-order valence-electron chi connectivity index (χ1n) is 9.98. The molecule has 3 rings (SSSR count). The van der Waals surface area contributed by atoms with Gasteiger partial charge in [0.1, 0.15) is 0 Å². The molecule has 0 bridgehead atoms. The van der Waals surface area contributed by atoms with Crippen molar-refractivity contribution in [1.29, 1.82) is 0 Å². The summed E-state index contributed by atoms with van der Waals surface area (Å²) in [5, 5.41) is 13.8. The number of likely N-dealkylation sites (N-methyl/N-ethyl adjacent to an activating group) is 1. The standard InChI is InChI=1S/C19H31N5O2/c1-3-13(14-5-4-6-14)12-18(25)24(2)10-9-20-19(26)15-7-8-16-17(11-15)22-23-21-16/h13-15H,3-12H2,1-2H3,(H,20,26)(H,21,22,23). The SMILES string of the molecule is CCC(CC(=O)N(C)CCNC(=O)C1CCc2n[nH]nc2C1)C1CCC1. The Hall–Kier alpha value is -1.92. The van der Waals surface area contributed by atoms with Crippen molar-refractivity contribution in [3.8, 4) is 0 Å². The van der Waals surface area contributed by atoms with Gasteiger partial charge in [-0.15, -0.1) is 0 Å². The average Bonchev–Trinajstić information content (AvgIpc) is 3.06. The Morgan fingerprint density at radius 3 is 2.73 bits per heavy atom. The third kappa shape index (κ3) is 4.43. The van der Waals surface area contributed by atoms with Crippen LogP contribution in [0.3, 0.4) is 0 Å². The maximum Gasteiger partial charge on any atom is 0.223 e. The van der Waals surface area contributed by atoms with E-state index in [2.05, 4.69) is 27.7 Å². The van der Waals surface area contributed by atoms with E-state index in [0.717, 1.165) is 36.6 Å². The average molecular weight is 361 g/mol. The van der Waals surface area contributed by atoms with Crippen LogP contribution in [-0.4, -0.2) is 52.3 Å². The number of nitrogens with zero attached hydrogens (tertiary/aromatic N) is 3. The van der Waals surface area contributed by atoms with Gasteiger partial charge in [-0.1, -0.05) is 32.6 Å². The summed E-state index contributed by atoms with van der Waals surface area (Å²) in [7, 11) is 1.84. The summed E-state index contributed by atoms with van der Waals surface area (Å²) in [6, 6.07) is 0. The van der Waals surface area contributed by atoms with Crippen molar-refractivity contribution in [3.63, 3.8) is 0 Å². The van der Waals surface area contributed by atoms with Gasteiger partial charge in [-0.25, -0.2) is 0 Å². The summed E-state index contributed by atoms with van der Waals surface area (Å²) >= 11 is 0. The van der Waals surface area contributed by atoms with Gasteiger partial charge in [0, 0.05) is 38.9 Å². The number of hydrogen-bond acceptors (Lipinski definition) is 4. The first-order valence-corrected chi connectivity index (χ1v) is 9.98. The predicted octanol–water partition coefficient (Wildman–Crippen LogP) is 1.70. The van der Waals surface area contributed by atoms with Gasteiger partial charge < -0.3 is 10.2 Å². The van der Waals surface area contributed by atoms with Crippen LogP contribution in [0.4, 0.5) is 0 Å². The molecule has 0 radical (unpaired) electrons. The number of aromatic nitrogens is 3. The maximum absolute atomic E-state index is 12.4. The van der Waals surface area contributed by atoms with Gasteiger partial charge in [-0.3, -0.25) is 9.59 Å². The summed E-state index contributed by atoms with van der Waals surface area (Å²) in [4.78, 5) is 26.6. The van der Waals surface area contributed by atoms with Gasteiger partial charge in [0.05, 0.1) is 11.4 Å². The van der Waals surface area contributed by atoms with Crippen molar-refractivity contribution in [3.05, 3.63) is 11.4 Å². The van der Waals surface area contributed by atoms with Gasteiger partial charge in [-0.05, 0) is 24.7 Å². The molecule has 0 saturated heterocycles. The van der Waals surface area contributed by atoms with Crippen LogP contribution in [0, 0.1) is 17.8 Å². The lowest BCUT2D eigenvalue weighted by Gasteiger charge is -2.33. The van der Waals surface area contributed by atoms with E-state index in [1.807, 2.05) is 7.05 Å². The van der Waals surface area contributed by atoms with E-state index in [0.29, 0.717) is 31.8 Å². The Morgan fingerprint density at radius 1 is 1.27 bits per heavy atom. The summed E-state index contributed by atoms with van der Waals surface area (Å²) in [6.45, 7) is 3.25. The number of aromatic amines is 1. The normalized spacial score (nSPS) is 20.8. The zero-order valence-electron chi connectivity index (χ0n) is 16.0. The lowest BCUT2D eigenvalue weighted by Crippen LogP contribution is -2.40. The van der Waals surface area contributed by atoms with E-state index in [1.165, 1.54) is 19.3 Å². The molecule has 0 aromatic carbocycles. The van der Waals surface area contributed by atoms with Crippen LogP contribution in [-0.2, 0) is 22.4 Å². The fraction of sp³-hybridized carbons (Fsp3) is 0.789. The lowest BCUT2D eigenvalue weighted by molar-refractivity contribution is -0.132. The number of fused-ring (bicyclic) bond motifs is 1. The zero-order chi connectivity index (χ0) is 18.5. The molecule has 7 nitrogen and oxygen atoms in total. The van der Waals surface area contributed by atoms with Gasteiger partial charge in [0.15, 0.2) is 0 Å². The van der Waals surface area contributed by atoms with Gasteiger partial charge in [0.25, 0.3) is 0 Å². The third-order valence-electron chi connectivity index (χ3n) is 6.19. The molecule has 1 heterocycles. The number of amides is 2. The molecule has 0 aliphatic heterocycles. The number of rotatable bonds is 8. The molecule has 0 spiro atoms. The first kappa shape index (κ1) is 18.9. The molecule has 1 fully saturated rings. The number of nitrogens with one attached hydrogen (secondary N) is 2. The highest BCUT2D eigenvalue weighted by Gasteiger charge is 2.29. The third-order valence-corrected chi connectivity index (χ3v) is 6.19. The highest BCUT2D eigenvalue weighted by Crippen LogP contribution is 2.37. The van der Waals surface area contributed by atoms with Crippen LogP contribution in [0.1, 0.15) is 56.8 Å². The smallest absolute Gasteiger partial charge is 0.223 e. The van der Waals surface area contributed by atoms with Crippen molar-refractivity contribution in [2.24, 2.45) is 17.8 Å². The first-order chi connectivity index (χ1) is 12.6. The van der Waals surface area contributed by atoms with E-state index in [9.17, 15) is 9.59 Å². The van der Waals surface area contributed by atoms with E-state index in [-0.39, 0.29) is 17.7 Å². The molecule has 1 aromatic rings. The molecule has 2 atom stereocenters. The fourth-order valence-corrected chi connectivity index (χ4v) is 4.06. The summed E-state index contributed by atoms with van der Waals surface area (Å²) < 4.78 is 0. The van der Waals surface area contributed by atoms with E-state index >= 15 is 0 Å². The van der Waals surface area contributed by atoms with Crippen molar-refractivity contribution in [1.82, 2.24) is 25.6 Å². The Labute approximate surface area is 155 Å². The molecular weight excluding hydrogens is 330 g/mol. The number of H-pyrrole nitrogens is 1. The molecule has 26 heavy (non-hydrogen) atoms. The van der Waals surface area contributed by atoms with Crippen LogP contribution < -0.4 is 5.32 Å². The maximum atomic E-state index is 12.4. The summed E-state index contributed by atoms with van der Waals surface area (Å²) in [5.74, 6) is 1.47. The highest BCUT2D eigenvalue weighted by molar-refractivity contribution is 5.79. The molecule has 144 valence electrons. The van der Waals surface area contributed by atoms with E-state index in [1.54, 1.807) is 4.90 Å². The predicted molar refractivity (Wildman–Crippen MR) is 98.3 cm³/mol. The highest BCUT2D eigenvalue weighted by atomic mass is 16.2. The Morgan fingerprint density at radius 2 is 2.04 bits per heavy atom. The Balaban J connectivity index is 1.37. The van der Waals surface area contributed by atoms with Crippen LogP contribution in [0.25, 0.3) is 0 Å². The summed E-state index contributed by atoms with van der Waals surface area (Å²) in [6.07, 6.45) is 7.83. The largest absolute Gasteiger partial charge is 0.354 e. The molecule has 7 heteroatoms. The molecular formula is C19H31N5O2. The zero-order valence-corrected chi connectivity index (χ0v) is 16.0. The van der Waals surface area contributed by atoms with Crippen molar-refractivity contribution in [2.75, 3.05) is 20.1 Å². The van der Waals surface area contributed by atoms with Gasteiger partial charge in [-0.2, -0.15) is 15.4 Å². The molecule has 2 aliphatic carbocycles. The quantitative estimate of drug-likeness (QED) is 0.737. The van der Waals surface area contributed by atoms with Crippen molar-refractivity contribution in [2.45, 2.75) is 58.3 Å². The van der Waals surface area contributed by atoms with Crippen molar-refractivity contribution < 1.29 is 9.59 Å². The van der Waals surface area contributed by atoms with Crippen molar-refractivity contribution >= 4 is 11.8 Å². The molecule has 2 amide bonds. The second kappa shape index (κ2) is 8.64. The second-order valence-corrected chi connectivity index (χ2v) is 7.83. The number of hydrogen-bond donors (Lipinski definition) is 2. The second-order valence-electron chi connectivity index (χ2n) is 7.83. The molecule has 2 N–H and O–H groups in total. The summed E-state index contributed by atoms with van der Waals surface area (Å²) in [5.41, 5.74) is 1.89. The molecule has 2 unspecified atom stereocenters. The van der Waals surface area contributed by atoms with Gasteiger partial charge in [0.2, 0.25) is 11.8 Å². The number of aryl methyl sites for hydroxylation is 1. The van der Waals surface area contributed by atoms with E-state index in [4.69, 9.17) is 0 Å². The van der Waals surface area contributed by atoms with Crippen LogP contribution in [0.5, 0.6) is 0 Å². The molecule has 2 aliphatic rings. The Kier molecular flexibility index (Phi) is 6.27. The topological polar surface area (TPSA) is 91.0 Å². The van der Waals surface area contributed by atoms with E-state index < -0.39 is 0 Å².